The van der Waals surface area contributed by atoms with Gasteiger partial charge < -0.3 is 24.4 Å². The molecule has 0 bridgehead atoms. The highest BCUT2D eigenvalue weighted by molar-refractivity contribution is 7.92. The van der Waals surface area contributed by atoms with E-state index in [0.29, 0.717) is 36.9 Å². The third kappa shape index (κ3) is 7.09. The van der Waals surface area contributed by atoms with Gasteiger partial charge in [0, 0.05) is 18.7 Å². The summed E-state index contributed by atoms with van der Waals surface area (Å²) in [6.07, 6.45) is 0.352. The standard InChI is InChI=1S/C27H37N3O7S/c1-6-23(27(32)28-19(3)4)29(17-20-8-11-22(35-5)12-9-20)26(31)18-30(38(33,34)7-2)21-10-13-24-25(16-21)37-15-14-36-24/h8-13,16,19,23H,6-7,14-15,17-18H2,1-5H3,(H,28,32)/t23-/m0/s1. The van der Waals surface area contributed by atoms with E-state index in [1.54, 1.807) is 37.4 Å². The van der Waals surface area contributed by atoms with Crippen LogP contribution in [0.2, 0.25) is 0 Å². The molecular formula is C27H37N3O7S. The van der Waals surface area contributed by atoms with Crippen molar-refractivity contribution in [2.45, 2.75) is 52.7 Å². The van der Waals surface area contributed by atoms with Crippen LogP contribution in [0.4, 0.5) is 5.69 Å². The van der Waals surface area contributed by atoms with Gasteiger partial charge in [0.2, 0.25) is 21.8 Å². The molecule has 0 spiro atoms. The molecule has 1 atom stereocenters. The first-order valence-electron chi connectivity index (χ1n) is 12.7. The molecule has 2 aromatic carbocycles. The quantitative estimate of drug-likeness (QED) is 0.435. The monoisotopic (exact) mass is 547 g/mol. The number of rotatable bonds is 12. The van der Waals surface area contributed by atoms with E-state index in [4.69, 9.17) is 14.2 Å². The summed E-state index contributed by atoms with van der Waals surface area (Å²) in [5.74, 6) is 0.577. The number of benzene rings is 2. The van der Waals surface area contributed by atoms with Crippen molar-refractivity contribution in [3.63, 3.8) is 0 Å². The lowest BCUT2D eigenvalue weighted by Crippen LogP contribution is -2.53. The van der Waals surface area contributed by atoms with Crippen LogP contribution in [0.1, 0.15) is 39.7 Å². The van der Waals surface area contributed by atoms with Crippen LogP contribution in [-0.2, 0) is 26.2 Å². The highest BCUT2D eigenvalue weighted by atomic mass is 32.2. The number of carbonyl (C=O) groups is 2. The lowest BCUT2D eigenvalue weighted by Gasteiger charge is -2.33. The predicted molar refractivity (Wildman–Crippen MR) is 145 cm³/mol. The minimum absolute atomic E-state index is 0.119. The van der Waals surface area contributed by atoms with Crippen LogP contribution in [0, 0.1) is 0 Å². The van der Waals surface area contributed by atoms with Gasteiger partial charge in [0.15, 0.2) is 11.5 Å². The van der Waals surface area contributed by atoms with Crippen molar-refractivity contribution in [1.29, 1.82) is 0 Å². The first kappa shape index (κ1) is 29.1. The van der Waals surface area contributed by atoms with E-state index in [0.717, 1.165) is 9.87 Å². The molecule has 0 fully saturated rings. The van der Waals surface area contributed by atoms with E-state index in [-0.39, 0.29) is 29.9 Å². The predicted octanol–water partition coefficient (Wildman–Crippen LogP) is 2.95. The van der Waals surface area contributed by atoms with Crippen LogP contribution in [0.15, 0.2) is 42.5 Å². The normalized spacial score (nSPS) is 13.5. The Morgan fingerprint density at radius 2 is 1.68 bits per heavy atom. The van der Waals surface area contributed by atoms with Gasteiger partial charge in [-0.2, -0.15) is 0 Å². The van der Waals surface area contributed by atoms with E-state index in [1.807, 2.05) is 32.9 Å². The second-order valence-electron chi connectivity index (χ2n) is 9.19. The molecule has 0 unspecified atom stereocenters. The van der Waals surface area contributed by atoms with Gasteiger partial charge >= 0.3 is 0 Å². The van der Waals surface area contributed by atoms with Gasteiger partial charge in [-0.3, -0.25) is 13.9 Å². The first-order chi connectivity index (χ1) is 18.1. The Morgan fingerprint density at radius 1 is 1.03 bits per heavy atom. The molecule has 11 heteroatoms. The second-order valence-corrected chi connectivity index (χ2v) is 11.4. The van der Waals surface area contributed by atoms with Crippen molar-refractivity contribution >= 4 is 27.5 Å². The Kier molecular flexibility index (Phi) is 9.84. The number of hydrogen-bond donors (Lipinski definition) is 1. The second kappa shape index (κ2) is 12.9. The molecule has 0 saturated heterocycles. The Balaban J connectivity index is 1.97. The molecule has 0 saturated carbocycles. The SMILES string of the molecule is CC[C@@H](C(=O)NC(C)C)N(Cc1ccc(OC)cc1)C(=O)CN(c1ccc2c(c1)OCCO2)S(=O)(=O)CC. The number of carbonyl (C=O) groups excluding carboxylic acids is 2. The molecule has 2 aromatic rings. The van der Waals surface area contributed by atoms with Crippen LogP contribution in [0.3, 0.4) is 0 Å². The first-order valence-corrected chi connectivity index (χ1v) is 14.3. The van der Waals surface area contributed by atoms with Gasteiger partial charge in [-0.25, -0.2) is 8.42 Å². The van der Waals surface area contributed by atoms with Crippen molar-refractivity contribution in [1.82, 2.24) is 10.2 Å². The number of amides is 2. The molecule has 0 radical (unpaired) electrons. The van der Waals surface area contributed by atoms with E-state index < -0.39 is 28.5 Å². The van der Waals surface area contributed by atoms with Gasteiger partial charge in [-0.05, 0) is 57.0 Å². The van der Waals surface area contributed by atoms with E-state index in [2.05, 4.69) is 5.32 Å². The number of fused-ring (bicyclic) bond motifs is 1. The summed E-state index contributed by atoms with van der Waals surface area (Å²) < 4.78 is 43.8. The average Bonchev–Trinajstić information content (AvgIpc) is 2.91. The van der Waals surface area contributed by atoms with Gasteiger partial charge in [0.05, 0.1) is 18.6 Å². The topological polar surface area (TPSA) is 114 Å². The smallest absolute Gasteiger partial charge is 0.244 e. The number of methoxy groups -OCH3 is 1. The molecule has 1 aliphatic heterocycles. The number of hydrogen-bond acceptors (Lipinski definition) is 7. The average molecular weight is 548 g/mol. The van der Waals surface area contributed by atoms with Crippen LogP contribution in [0.25, 0.3) is 0 Å². The summed E-state index contributed by atoms with van der Waals surface area (Å²) in [5, 5.41) is 2.88. The summed E-state index contributed by atoms with van der Waals surface area (Å²) in [5.41, 5.74) is 1.06. The minimum Gasteiger partial charge on any atom is -0.497 e. The van der Waals surface area contributed by atoms with Crippen LogP contribution >= 0.6 is 0 Å². The van der Waals surface area contributed by atoms with Crippen molar-refractivity contribution in [2.24, 2.45) is 0 Å². The highest BCUT2D eigenvalue weighted by Crippen LogP contribution is 2.35. The maximum atomic E-state index is 13.9. The van der Waals surface area contributed by atoms with E-state index in [1.165, 1.54) is 11.8 Å². The van der Waals surface area contributed by atoms with Crippen molar-refractivity contribution < 1.29 is 32.2 Å². The van der Waals surface area contributed by atoms with Crippen molar-refractivity contribution in [3.05, 3.63) is 48.0 Å². The molecule has 1 aliphatic rings. The fourth-order valence-corrected chi connectivity index (χ4v) is 5.19. The Hall–Kier alpha value is -3.47. The summed E-state index contributed by atoms with van der Waals surface area (Å²) in [6, 6.07) is 11.0. The third-order valence-electron chi connectivity index (χ3n) is 6.12. The number of nitrogens with zero attached hydrogens (tertiary/aromatic N) is 2. The van der Waals surface area contributed by atoms with Crippen LogP contribution in [-0.4, -0.2) is 69.8 Å². The number of nitrogens with one attached hydrogen (secondary N) is 1. The molecule has 38 heavy (non-hydrogen) atoms. The van der Waals surface area contributed by atoms with Crippen molar-refractivity contribution in [3.8, 4) is 17.2 Å². The largest absolute Gasteiger partial charge is 0.497 e. The Morgan fingerprint density at radius 3 is 2.26 bits per heavy atom. The molecule has 10 nitrogen and oxygen atoms in total. The van der Waals surface area contributed by atoms with Gasteiger partial charge in [-0.1, -0.05) is 19.1 Å². The number of anilines is 1. The van der Waals surface area contributed by atoms with Crippen LogP contribution < -0.4 is 23.8 Å². The lowest BCUT2D eigenvalue weighted by molar-refractivity contribution is -0.140. The number of ether oxygens (including phenoxy) is 3. The maximum absolute atomic E-state index is 13.9. The Bertz CT molecular complexity index is 1220. The molecule has 3 rings (SSSR count). The summed E-state index contributed by atoms with van der Waals surface area (Å²) in [4.78, 5) is 28.4. The zero-order chi connectivity index (χ0) is 27.9. The molecule has 208 valence electrons. The molecule has 1 N–H and O–H groups in total. The van der Waals surface area contributed by atoms with Gasteiger partial charge in [-0.15, -0.1) is 0 Å². The van der Waals surface area contributed by atoms with E-state index in [9.17, 15) is 18.0 Å². The minimum atomic E-state index is -3.85. The Labute approximate surface area is 224 Å². The zero-order valence-corrected chi connectivity index (χ0v) is 23.4. The summed E-state index contributed by atoms with van der Waals surface area (Å²) in [6.45, 7) is 7.42. The van der Waals surface area contributed by atoms with Crippen LogP contribution in [0.5, 0.6) is 17.2 Å². The zero-order valence-electron chi connectivity index (χ0n) is 22.6. The molecule has 2 amide bonds. The van der Waals surface area contributed by atoms with Gasteiger partial charge in [0.1, 0.15) is 31.5 Å². The summed E-state index contributed by atoms with van der Waals surface area (Å²) >= 11 is 0. The van der Waals surface area contributed by atoms with Gasteiger partial charge in [0.25, 0.3) is 0 Å². The third-order valence-corrected chi connectivity index (χ3v) is 7.86. The molecule has 0 aromatic heterocycles. The highest BCUT2D eigenvalue weighted by Gasteiger charge is 2.33. The fraction of sp³-hybridized carbons (Fsp3) is 0.481. The van der Waals surface area contributed by atoms with Crippen molar-refractivity contribution in [2.75, 3.05) is 36.9 Å². The number of sulfonamides is 1. The molecule has 1 heterocycles. The maximum Gasteiger partial charge on any atom is 0.244 e. The molecular weight excluding hydrogens is 510 g/mol. The summed E-state index contributed by atoms with van der Waals surface area (Å²) in [7, 11) is -2.29. The molecule has 0 aliphatic carbocycles. The van der Waals surface area contributed by atoms with E-state index >= 15 is 0 Å². The lowest BCUT2D eigenvalue weighted by atomic mass is 10.1. The fourth-order valence-electron chi connectivity index (χ4n) is 4.13.